The molecule has 4 rings (SSSR count). The average molecular weight is 452 g/mol. The summed E-state index contributed by atoms with van der Waals surface area (Å²) in [6.07, 6.45) is 5.13. The Morgan fingerprint density at radius 1 is 1.34 bits per heavy atom. The minimum absolute atomic E-state index is 0.0704. The van der Waals surface area contributed by atoms with Crippen LogP contribution in [0.15, 0.2) is 47.5 Å². The molecule has 164 valence electrons. The Bertz CT molecular complexity index is 1200. The first kappa shape index (κ1) is 21.8. The predicted octanol–water partition coefficient (Wildman–Crippen LogP) is 4.09. The second kappa shape index (κ2) is 9.81. The van der Waals surface area contributed by atoms with Crippen LogP contribution in [0.3, 0.4) is 0 Å². The Morgan fingerprint density at radius 2 is 2.22 bits per heavy atom. The van der Waals surface area contributed by atoms with Crippen LogP contribution in [0.1, 0.15) is 24.0 Å². The van der Waals surface area contributed by atoms with Crippen LogP contribution >= 0.6 is 11.6 Å². The van der Waals surface area contributed by atoms with Gasteiger partial charge in [-0.15, -0.1) is 0 Å². The van der Waals surface area contributed by atoms with Gasteiger partial charge in [-0.1, -0.05) is 17.7 Å². The Labute approximate surface area is 190 Å². The summed E-state index contributed by atoms with van der Waals surface area (Å²) in [7, 11) is 0. The molecular formula is C23H22ClN5O3. The quantitative estimate of drug-likeness (QED) is 0.602. The van der Waals surface area contributed by atoms with Gasteiger partial charge in [-0.05, 0) is 49.4 Å². The summed E-state index contributed by atoms with van der Waals surface area (Å²) >= 11 is 6.31. The number of nitriles is 1. The highest BCUT2D eigenvalue weighted by molar-refractivity contribution is 6.32. The molecule has 1 unspecified atom stereocenters. The van der Waals surface area contributed by atoms with Crippen LogP contribution in [0.2, 0.25) is 5.02 Å². The number of hydrogen-bond donors (Lipinski definition) is 1. The molecule has 0 radical (unpaired) electrons. The third-order valence-corrected chi connectivity index (χ3v) is 5.62. The van der Waals surface area contributed by atoms with Gasteiger partial charge in [0, 0.05) is 19.2 Å². The van der Waals surface area contributed by atoms with Crippen molar-refractivity contribution in [3.05, 3.63) is 69.2 Å². The minimum atomic E-state index is -0.440. The van der Waals surface area contributed by atoms with Crippen molar-refractivity contribution in [1.29, 1.82) is 5.26 Å². The number of nitrogens with one attached hydrogen (secondary N) is 1. The Kier molecular flexibility index (Phi) is 6.69. The number of anilines is 1. The number of rotatable bonds is 6. The van der Waals surface area contributed by atoms with Gasteiger partial charge < -0.3 is 14.8 Å². The number of ether oxygens (including phenoxy) is 2. The van der Waals surface area contributed by atoms with E-state index in [1.54, 1.807) is 24.3 Å². The normalized spacial score (nSPS) is 15.7. The third-order valence-electron chi connectivity index (χ3n) is 5.25. The standard InChI is InChI=1S/C23H22ClN5O3/c1-15-4-5-16(10-25)9-20(15)32-21-7-6-18(12-27-21)29-23(30)22(24)19(13-28-29)26-11-17-3-2-8-31-14-17/h4-7,9,12-13,17,26H,2-3,8,11,14H2,1H3. The van der Waals surface area contributed by atoms with Crippen LogP contribution in [0.5, 0.6) is 11.6 Å². The van der Waals surface area contributed by atoms with Crippen LogP contribution in [-0.4, -0.2) is 34.5 Å². The van der Waals surface area contributed by atoms with E-state index in [9.17, 15) is 4.79 Å². The molecule has 1 aliphatic heterocycles. The molecule has 3 aromatic rings. The molecular weight excluding hydrogens is 430 g/mol. The molecule has 1 aromatic carbocycles. The van der Waals surface area contributed by atoms with Gasteiger partial charge in [0.25, 0.3) is 5.56 Å². The summed E-state index contributed by atoms with van der Waals surface area (Å²) < 4.78 is 12.5. The Hall–Kier alpha value is -3.41. The fourth-order valence-electron chi connectivity index (χ4n) is 3.41. The fourth-order valence-corrected chi connectivity index (χ4v) is 3.61. The number of nitrogens with zero attached hydrogens (tertiary/aromatic N) is 4. The van der Waals surface area contributed by atoms with Crippen molar-refractivity contribution >= 4 is 17.3 Å². The van der Waals surface area contributed by atoms with Crippen LogP contribution in [0.4, 0.5) is 5.69 Å². The maximum Gasteiger partial charge on any atom is 0.292 e. The molecule has 2 aromatic heterocycles. The largest absolute Gasteiger partial charge is 0.439 e. The van der Waals surface area contributed by atoms with Gasteiger partial charge >= 0.3 is 0 Å². The van der Waals surface area contributed by atoms with Gasteiger partial charge in [0.1, 0.15) is 10.8 Å². The molecule has 9 heteroatoms. The lowest BCUT2D eigenvalue weighted by atomic mass is 10.0. The predicted molar refractivity (Wildman–Crippen MR) is 121 cm³/mol. The summed E-state index contributed by atoms with van der Waals surface area (Å²) in [4.78, 5) is 17.0. The second-order valence-electron chi connectivity index (χ2n) is 7.60. The molecule has 1 aliphatic rings. The number of benzene rings is 1. The highest BCUT2D eigenvalue weighted by atomic mass is 35.5. The number of hydrogen-bond acceptors (Lipinski definition) is 7. The summed E-state index contributed by atoms with van der Waals surface area (Å²) in [5.41, 5.74) is 1.89. The number of aromatic nitrogens is 3. The molecule has 32 heavy (non-hydrogen) atoms. The van der Waals surface area contributed by atoms with Crippen molar-refractivity contribution in [1.82, 2.24) is 14.8 Å². The highest BCUT2D eigenvalue weighted by Gasteiger charge is 2.16. The fraction of sp³-hybridized carbons (Fsp3) is 0.304. The summed E-state index contributed by atoms with van der Waals surface area (Å²) in [6, 6.07) is 10.6. The van der Waals surface area contributed by atoms with Crippen molar-refractivity contribution in [2.24, 2.45) is 5.92 Å². The molecule has 0 spiro atoms. The van der Waals surface area contributed by atoms with E-state index in [2.05, 4.69) is 21.5 Å². The molecule has 1 atom stereocenters. The van der Waals surface area contributed by atoms with Gasteiger partial charge in [-0.2, -0.15) is 15.0 Å². The highest BCUT2D eigenvalue weighted by Crippen LogP contribution is 2.25. The first-order valence-corrected chi connectivity index (χ1v) is 10.7. The van der Waals surface area contributed by atoms with Crippen molar-refractivity contribution in [2.75, 3.05) is 25.1 Å². The van der Waals surface area contributed by atoms with Crippen LogP contribution in [0.25, 0.3) is 5.69 Å². The SMILES string of the molecule is Cc1ccc(C#N)cc1Oc1ccc(-n2ncc(NCC3CCCOC3)c(Cl)c2=O)cn1. The van der Waals surface area contributed by atoms with Gasteiger partial charge in [-0.3, -0.25) is 4.79 Å². The van der Waals surface area contributed by atoms with Crippen LogP contribution in [-0.2, 0) is 4.74 Å². The first-order valence-electron chi connectivity index (χ1n) is 10.3. The Morgan fingerprint density at radius 3 is 2.94 bits per heavy atom. The van der Waals surface area contributed by atoms with E-state index in [1.165, 1.54) is 17.1 Å². The lowest BCUT2D eigenvalue weighted by Gasteiger charge is -2.22. The maximum atomic E-state index is 12.7. The zero-order chi connectivity index (χ0) is 22.5. The second-order valence-corrected chi connectivity index (χ2v) is 7.98. The van der Waals surface area contributed by atoms with Crippen LogP contribution < -0.4 is 15.6 Å². The summed E-state index contributed by atoms with van der Waals surface area (Å²) in [6.45, 7) is 4.06. The minimum Gasteiger partial charge on any atom is -0.439 e. The molecule has 0 bridgehead atoms. The van der Waals surface area contributed by atoms with E-state index in [0.29, 0.717) is 47.6 Å². The van der Waals surface area contributed by atoms with Crippen molar-refractivity contribution in [2.45, 2.75) is 19.8 Å². The molecule has 1 saturated heterocycles. The zero-order valence-corrected chi connectivity index (χ0v) is 18.3. The zero-order valence-electron chi connectivity index (χ0n) is 17.5. The number of halogens is 1. The van der Waals surface area contributed by atoms with Crippen molar-refractivity contribution in [3.8, 4) is 23.4 Å². The lowest BCUT2D eigenvalue weighted by molar-refractivity contribution is 0.0595. The van der Waals surface area contributed by atoms with Crippen molar-refractivity contribution in [3.63, 3.8) is 0 Å². The monoisotopic (exact) mass is 451 g/mol. The van der Waals surface area contributed by atoms with Gasteiger partial charge in [0.2, 0.25) is 5.88 Å². The number of pyridine rings is 1. The molecule has 1 fully saturated rings. The van der Waals surface area contributed by atoms with Gasteiger partial charge in [0.05, 0.1) is 42.0 Å². The molecule has 0 amide bonds. The van der Waals surface area contributed by atoms with E-state index >= 15 is 0 Å². The first-order chi connectivity index (χ1) is 15.5. The lowest BCUT2D eigenvalue weighted by Crippen LogP contribution is -2.26. The van der Waals surface area contributed by atoms with Crippen LogP contribution in [0, 0.1) is 24.2 Å². The van der Waals surface area contributed by atoms with E-state index < -0.39 is 5.56 Å². The van der Waals surface area contributed by atoms with E-state index in [-0.39, 0.29) is 5.02 Å². The smallest absolute Gasteiger partial charge is 0.292 e. The summed E-state index contributed by atoms with van der Waals surface area (Å²) in [5.74, 6) is 1.26. The maximum absolute atomic E-state index is 12.7. The number of aryl methyl sites for hydroxylation is 1. The molecule has 8 nitrogen and oxygen atoms in total. The molecule has 3 heterocycles. The average Bonchev–Trinajstić information content (AvgIpc) is 2.83. The van der Waals surface area contributed by atoms with E-state index in [4.69, 9.17) is 26.3 Å². The molecule has 0 aliphatic carbocycles. The molecule has 1 N–H and O–H groups in total. The van der Waals surface area contributed by atoms with E-state index in [0.717, 1.165) is 25.0 Å². The summed E-state index contributed by atoms with van der Waals surface area (Å²) in [5, 5.41) is 16.6. The topological polar surface area (TPSA) is 102 Å². The van der Waals surface area contributed by atoms with Gasteiger partial charge in [-0.25, -0.2) is 4.98 Å². The van der Waals surface area contributed by atoms with E-state index in [1.807, 2.05) is 13.0 Å². The van der Waals surface area contributed by atoms with Crippen molar-refractivity contribution < 1.29 is 9.47 Å². The Balaban J connectivity index is 1.48. The third kappa shape index (κ3) is 4.90. The molecule has 0 saturated carbocycles. The van der Waals surface area contributed by atoms with Gasteiger partial charge in [0.15, 0.2) is 0 Å².